The lowest BCUT2D eigenvalue weighted by Gasteiger charge is -1.54. The molecule has 0 radical (unpaired) electrons. The molecular weight excluding hydrogens is 78.0 g/mol. The fourth-order valence-electron chi connectivity index (χ4n) is 0.231. The van der Waals surface area contributed by atoms with Crippen LogP contribution in [0.2, 0.25) is 0 Å². The normalized spacial score (nSPS) is 23.0. The Morgan fingerprint density at radius 3 is 2.67 bits per heavy atom. The summed E-state index contributed by atoms with van der Waals surface area (Å²) in [5, 5.41) is 6.49. The van der Waals surface area contributed by atoms with Crippen molar-refractivity contribution in [2.45, 2.75) is 0 Å². The Bertz CT molecular complexity index is 89.7. The van der Waals surface area contributed by atoms with Crippen molar-refractivity contribution in [1.29, 1.82) is 5.41 Å². The summed E-state index contributed by atoms with van der Waals surface area (Å²) >= 11 is 0. The van der Waals surface area contributed by atoms with Gasteiger partial charge in [-0.25, -0.2) is 0 Å². The lowest BCUT2D eigenvalue weighted by Crippen LogP contribution is -1.52. The molecule has 0 unspecified atom stereocenters. The van der Waals surface area contributed by atoms with Crippen molar-refractivity contribution >= 4 is 6.21 Å². The van der Waals surface area contributed by atoms with Gasteiger partial charge >= 0.3 is 0 Å². The van der Waals surface area contributed by atoms with Crippen molar-refractivity contribution < 1.29 is 4.74 Å². The first-order valence-electron chi connectivity index (χ1n) is 1.76. The molecule has 0 saturated carbocycles. The average Bonchev–Trinajstić information content (AvgIpc) is 2.21. The van der Waals surface area contributed by atoms with Gasteiger partial charge in [0.1, 0.15) is 12.4 Å². The van der Waals surface area contributed by atoms with Gasteiger partial charge in [-0.2, -0.15) is 0 Å². The number of ether oxygens (including phenoxy) is 1. The van der Waals surface area contributed by atoms with Gasteiger partial charge in [-0.05, 0) is 6.08 Å². The van der Waals surface area contributed by atoms with Crippen LogP contribution in [0.5, 0.6) is 0 Å². The SMILES string of the molecule is N=C/C=C1/CO1. The first-order valence-corrected chi connectivity index (χ1v) is 1.76. The van der Waals surface area contributed by atoms with Gasteiger partial charge in [0.15, 0.2) is 0 Å². The Balaban J connectivity index is 2.42. The Kier molecular flexibility index (Phi) is 0.638. The summed E-state index contributed by atoms with van der Waals surface area (Å²) in [5.74, 6) is 0.921. The predicted octanol–water partition coefficient (Wildman–Crippen LogP) is 0.550. The molecule has 32 valence electrons. The summed E-state index contributed by atoms with van der Waals surface area (Å²) in [7, 11) is 0. The molecular formula is C4H5NO. The van der Waals surface area contributed by atoms with E-state index in [1.54, 1.807) is 6.08 Å². The van der Waals surface area contributed by atoms with Crippen molar-refractivity contribution in [1.82, 2.24) is 0 Å². The van der Waals surface area contributed by atoms with E-state index < -0.39 is 0 Å². The Morgan fingerprint density at radius 1 is 1.83 bits per heavy atom. The molecule has 0 atom stereocenters. The zero-order valence-corrected chi connectivity index (χ0v) is 3.27. The van der Waals surface area contributed by atoms with Crippen molar-refractivity contribution in [3.05, 3.63) is 11.8 Å². The zero-order valence-electron chi connectivity index (χ0n) is 3.27. The Hall–Kier alpha value is -0.790. The van der Waals surface area contributed by atoms with E-state index >= 15 is 0 Å². The molecule has 0 aromatic heterocycles. The highest BCUT2D eigenvalue weighted by Crippen LogP contribution is 2.11. The van der Waals surface area contributed by atoms with E-state index in [0.717, 1.165) is 12.4 Å². The van der Waals surface area contributed by atoms with Crippen LogP contribution in [0.15, 0.2) is 11.8 Å². The first kappa shape index (κ1) is 3.40. The quantitative estimate of drug-likeness (QED) is 0.364. The molecule has 1 fully saturated rings. The third-order valence-electron chi connectivity index (χ3n) is 0.580. The fraction of sp³-hybridized carbons (Fsp3) is 0.250. The predicted molar refractivity (Wildman–Crippen MR) is 22.8 cm³/mol. The summed E-state index contributed by atoms with van der Waals surface area (Å²) in [5.41, 5.74) is 0. The van der Waals surface area contributed by atoms with Crippen molar-refractivity contribution in [2.24, 2.45) is 0 Å². The number of allylic oxidation sites excluding steroid dienone is 1. The van der Waals surface area contributed by atoms with Crippen LogP contribution in [0.3, 0.4) is 0 Å². The molecule has 0 aliphatic carbocycles. The molecule has 0 aromatic carbocycles. The molecule has 1 rings (SSSR count). The summed E-state index contributed by atoms with van der Waals surface area (Å²) in [4.78, 5) is 0. The van der Waals surface area contributed by atoms with E-state index in [0.29, 0.717) is 0 Å². The minimum Gasteiger partial charge on any atom is -0.486 e. The maximum absolute atomic E-state index is 6.49. The van der Waals surface area contributed by atoms with Crippen molar-refractivity contribution in [3.63, 3.8) is 0 Å². The van der Waals surface area contributed by atoms with E-state index in [-0.39, 0.29) is 0 Å². The number of epoxide rings is 1. The molecule has 0 amide bonds. The van der Waals surface area contributed by atoms with Crippen molar-refractivity contribution in [2.75, 3.05) is 6.61 Å². The number of hydrogen-bond acceptors (Lipinski definition) is 2. The second-order valence-corrected chi connectivity index (χ2v) is 1.09. The zero-order chi connectivity index (χ0) is 4.41. The molecule has 0 bridgehead atoms. The second kappa shape index (κ2) is 1.12. The maximum Gasteiger partial charge on any atom is 0.145 e. The van der Waals surface area contributed by atoms with Crippen LogP contribution in [-0.4, -0.2) is 12.8 Å². The van der Waals surface area contributed by atoms with Crippen LogP contribution in [0.4, 0.5) is 0 Å². The Morgan fingerprint density at radius 2 is 2.50 bits per heavy atom. The van der Waals surface area contributed by atoms with E-state index in [1.165, 1.54) is 6.21 Å². The van der Waals surface area contributed by atoms with Gasteiger partial charge in [-0.1, -0.05) is 0 Å². The molecule has 1 aliphatic heterocycles. The van der Waals surface area contributed by atoms with Gasteiger partial charge < -0.3 is 10.1 Å². The van der Waals surface area contributed by atoms with E-state index in [2.05, 4.69) is 4.74 Å². The monoisotopic (exact) mass is 83.0 g/mol. The lowest BCUT2D eigenvalue weighted by molar-refractivity contribution is 0.510. The summed E-state index contributed by atoms with van der Waals surface area (Å²) < 4.78 is 4.66. The fourth-order valence-corrected chi connectivity index (χ4v) is 0.231. The number of nitrogens with one attached hydrogen (secondary N) is 1. The average molecular weight is 83.1 g/mol. The van der Waals surface area contributed by atoms with Crippen LogP contribution in [0.25, 0.3) is 0 Å². The van der Waals surface area contributed by atoms with Crippen molar-refractivity contribution in [3.8, 4) is 0 Å². The number of rotatable bonds is 1. The molecule has 1 heterocycles. The van der Waals surface area contributed by atoms with Crippen LogP contribution in [0.1, 0.15) is 0 Å². The summed E-state index contributed by atoms with van der Waals surface area (Å²) in [6, 6.07) is 0. The van der Waals surface area contributed by atoms with Gasteiger partial charge in [-0.15, -0.1) is 0 Å². The standard InChI is InChI=1S/C4H5NO/c5-2-1-4-3-6-4/h1-2,5H,3H2/b4-1-,5-2?. The first-order chi connectivity index (χ1) is 2.93. The van der Waals surface area contributed by atoms with Gasteiger partial charge in [0.2, 0.25) is 0 Å². The van der Waals surface area contributed by atoms with Gasteiger partial charge in [0.05, 0.1) is 0 Å². The van der Waals surface area contributed by atoms with Gasteiger partial charge in [0, 0.05) is 6.21 Å². The molecule has 0 aromatic rings. The minimum atomic E-state index is 0.732. The number of hydrogen-bond donors (Lipinski definition) is 1. The molecule has 2 heteroatoms. The van der Waals surface area contributed by atoms with Gasteiger partial charge in [0.25, 0.3) is 0 Å². The molecule has 0 spiro atoms. The smallest absolute Gasteiger partial charge is 0.145 e. The molecule has 2 nitrogen and oxygen atoms in total. The molecule has 1 saturated heterocycles. The molecule has 1 aliphatic rings. The minimum absolute atomic E-state index is 0.732. The van der Waals surface area contributed by atoms with Crippen LogP contribution in [-0.2, 0) is 4.74 Å². The van der Waals surface area contributed by atoms with E-state index in [9.17, 15) is 0 Å². The topological polar surface area (TPSA) is 36.4 Å². The highest BCUT2D eigenvalue weighted by molar-refractivity contribution is 5.69. The van der Waals surface area contributed by atoms with Gasteiger partial charge in [-0.3, -0.25) is 0 Å². The largest absolute Gasteiger partial charge is 0.486 e. The van der Waals surface area contributed by atoms with Crippen LogP contribution >= 0.6 is 0 Å². The van der Waals surface area contributed by atoms with E-state index in [1.807, 2.05) is 0 Å². The second-order valence-electron chi connectivity index (χ2n) is 1.09. The van der Waals surface area contributed by atoms with Crippen LogP contribution in [0, 0.1) is 5.41 Å². The highest BCUT2D eigenvalue weighted by Gasteiger charge is 2.09. The molecule has 6 heavy (non-hydrogen) atoms. The highest BCUT2D eigenvalue weighted by atomic mass is 16.6. The third kappa shape index (κ3) is 0.578. The summed E-state index contributed by atoms with van der Waals surface area (Å²) in [6.07, 6.45) is 2.86. The lowest BCUT2D eigenvalue weighted by atomic mass is 10.6. The maximum atomic E-state index is 6.49. The summed E-state index contributed by atoms with van der Waals surface area (Å²) in [6.45, 7) is 0.732. The van der Waals surface area contributed by atoms with Crippen LogP contribution < -0.4 is 0 Å². The molecule has 1 N–H and O–H groups in total. The Labute approximate surface area is 35.9 Å². The van der Waals surface area contributed by atoms with E-state index in [4.69, 9.17) is 5.41 Å². The third-order valence-corrected chi connectivity index (χ3v) is 0.580.